The first kappa shape index (κ1) is 14.2. The molecule has 0 amide bonds. The van der Waals surface area contributed by atoms with Crippen LogP contribution in [0.25, 0.3) is 6.08 Å². The Hall–Kier alpha value is -1.17. The van der Waals surface area contributed by atoms with Crippen LogP contribution in [0, 0.1) is 0 Å². The molecule has 1 aliphatic heterocycles. The highest BCUT2D eigenvalue weighted by Crippen LogP contribution is 2.38. The van der Waals surface area contributed by atoms with Crippen molar-refractivity contribution in [2.24, 2.45) is 5.73 Å². The van der Waals surface area contributed by atoms with E-state index in [1.807, 2.05) is 45.9 Å². The van der Waals surface area contributed by atoms with Crippen molar-refractivity contribution in [1.82, 2.24) is 4.98 Å². The van der Waals surface area contributed by atoms with E-state index >= 15 is 0 Å². The summed E-state index contributed by atoms with van der Waals surface area (Å²) in [4.78, 5) is 4.09. The van der Waals surface area contributed by atoms with Crippen molar-refractivity contribution in [1.29, 1.82) is 0 Å². The molecule has 2 N–H and O–H groups in total. The van der Waals surface area contributed by atoms with Crippen LogP contribution in [0.3, 0.4) is 0 Å². The molecule has 19 heavy (non-hydrogen) atoms. The van der Waals surface area contributed by atoms with Crippen LogP contribution in [-0.4, -0.2) is 29.8 Å². The van der Waals surface area contributed by atoms with E-state index in [1.165, 1.54) is 0 Å². The number of nitrogens with zero attached hydrogens (tertiary/aromatic N) is 1. The zero-order chi connectivity index (χ0) is 14.1. The van der Waals surface area contributed by atoms with Gasteiger partial charge in [0.1, 0.15) is 0 Å². The molecular weight excluding hydrogens is 239 g/mol. The summed E-state index contributed by atoms with van der Waals surface area (Å²) in [7, 11) is -0.393. The largest absolute Gasteiger partial charge is 0.491 e. The van der Waals surface area contributed by atoms with Crippen molar-refractivity contribution in [2.45, 2.75) is 38.9 Å². The van der Waals surface area contributed by atoms with Crippen LogP contribution >= 0.6 is 0 Å². The first-order valence-electron chi connectivity index (χ1n) is 6.52. The second-order valence-electron chi connectivity index (χ2n) is 5.80. The van der Waals surface area contributed by atoms with Crippen molar-refractivity contribution in [3.8, 4) is 0 Å². The van der Waals surface area contributed by atoms with Gasteiger partial charge in [0, 0.05) is 18.9 Å². The van der Waals surface area contributed by atoms with E-state index in [0.717, 1.165) is 11.0 Å². The second kappa shape index (κ2) is 5.08. The van der Waals surface area contributed by atoms with Gasteiger partial charge in [-0.1, -0.05) is 12.1 Å². The fourth-order valence-corrected chi connectivity index (χ4v) is 1.89. The summed E-state index contributed by atoms with van der Waals surface area (Å²) in [6.07, 6.45) is 5.52. The lowest BCUT2D eigenvalue weighted by atomic mass is 9.77. The lowest BCUT2D eigenvalue weighted by Crippen LogP contribution is -2.41. The summed E-state index contributed by atoms with van der Waals surface area (Å²) in [5.74, 6) is 0. The van der Waals surface area contributed by atoms with E-state index in [1.54, 1.807) is 12.4 Å². The van der Waals surface area contributed by atoms with Gasteiger partial charge in [-0.05, 0) is 44.8 Å². The van der Waals surface area contributed by atoms with Crippen LogP contribution in [0.1, 0.15) is 33.3 Å². The van der Waals surface area contributed by atoms with Gasteiger partial charge >= 0.3 is 7.12 Å². The number of hydrogen-bond acceptors (Lipinski definition) is 4. The maximum atomic E-state index is 6.00. The van der Waals surface area contributed by atoms with Crippen LogP contribution < -0.4 is 5.73 Å². The lowest BCUT2D eigenvalue weighted by molar-refractivity contribution is 0.00578. The van der Waals surface area contributed by atoms with E-state index < -0.39 is 7.12 Å². The fraction of sp³-hybridized carbons (Fsp3) is 0.500. The molecular formula is C14H21BN2O2. The molecule has 1 aromatic rings. The van der Waals surface area contributed by atoms with Crippen LogP contribution in [0.2, 0.25) is 0 Å². The number of hydrogen-bond donors (Lipinski definition) is 1. The van der Waals surface area contributed by atoms with Crippen molar-refractivity contribution in [2.75, 3.05) is 6.54 Å². The van der Waals surface area contributed by atoms with Gasteiger partial charge in [-0.15, -0.1) is 0 Å². The smallest absolute Gasteiger partial charge is 0.400 e. The Morgan fingerprint density at radius 3 is 2.42 bits per heavy atom. The van der Waals surface area contributed by atoms with Crippen LogP contribution in [0.4, 0.5) is 0 Å². The number of rotatable bonds is 3. The third-order valence-corrected chi connectivity index (χ3v) is 3.83. The van der Waals surface area contributed by atoms with E-state index in [9.17, 15) is 0 Å². The molecule has 102 valence electrons. The number of nitrogens with two attached hydrogens (primary N) is 1. The Balaban J connectivity index is 2.23. The molecule has 4 nitrogen and oxygen atoms in total. The standard InChI is InChI=1S/C14H21BN2O2/c1-13(2)14(3,4)19-15(18-13)12(9-16)8-11-6-5-7-17-10-11/h5-8,10H,9,16H2,1-4H3. The highest BCUT2D eigenvalue weighted by molar-refractivity contribution is 6.55. The number of aromatic nitrogens is 1. The first-order chi connectivity index (χ1) is 8.86. The van der Waals surface area contributed by atoms with Gasteiger partial charge in [0.2, 0.25) is 0 Å². The van der Waals surface area contributed by atoms with Gasteiger partial charge in [-0.25, -0.2) is 0 Å². The third kappa shape index (κ3) is 2.89. The Kier molecular flexibility index (Phi) is 3.81. The quantitative estimate of drug-likeness (QED) is 0.845. The highest BCUT2D eigenvalue weighted by Gasteiger charge is 2.52. The molecule has 0 radical (unpaired) electrons. The zero-order valence-corrected chi connectivity index (χ0v) is 12.0. The van der Waals surface area contributed by atoms with E-state index in [4.69, 9.17) is 15.0 Å². The predicted molar refractivity (Wildman–Crippen MR) is 77.4 cm³/mol. The average Bonchev–Trinajstić information content (AvgIpc) is 2.56. The monoisotopic (exact) mass is 260 g/mol. The van der Waals surface area contributed by atoms with Crippen molar-refractivity contribution in [3.63, 3.8) is 0 Å². The molecule has 1 aromatic heterocycles. The fourth-order valence-electron chi connectivity index (χ4n) is 1.89. The van der Waals surface area contributed by atoms with Gasteiger partial charge in [-0.2, -0.15) is 0 Å². The Labute approximate surface area is 115 Å². The molecule has 0 saturated carbocycles. The minimum atomic E-state index is -0.393. The minimum absolute atomic E-state index is 0.346. The molecule has 1 aliphatic rings. The summed E-state index contributed by atoms with van der Waals surface area (Å²) in [6.45, 7) is 8.53. The van der Waals surface area contributed by atoms with Gasteiger partial charge in [-0.3, -0.25) is 4.98 Å². The van der Waals surface area contributed by atoms with Crippen LogP contribution in [0.15, 0.2) is 30.0 Å². The summed E-state index contributed by atoms with van der Waals surface area (Å²) < 4.78 is 12.0. The molecule has 2 heterocycles. The van der Waals surface area contributed by atoms with Gasteiger partial charge in [0.25, 0.3) is 0 Å². The van der Waals surface area contributed by atoms with Crippen LogP contribution in [0.5, 0.6) is 0 Å². The maximum absolute atomic E-state index is 6.00. The third-order valence-electron chi connectivity index (χ3n) is 3.83. The number of pyridine rings is 1. The van der Waals surface area contributed by atoms with Crippen molar-refractivity contribution < 1.29 is 9.31 Å². The second-order valence-corrected chi connectivity index (χ2v) is 5.80. The molecule has 1 fully saturated rings. The Morgan fingerprint density at radius 2 is 1.95 bits per heavy atom. The molecule has 0 unspecified atom stereocenters. The van der Waals surface area contributed by atoms with Crippen LogP contribution in [-0.2, 0) is 9.31 Å². The lowest BCUT2D eigenvalue weighted by Gasteiger charge is -2.32. The summed E-state index contributed by atoms with van der Waals surface area (Å²) in [5, 5.41) is 0. The molecule has 2 rings (SSSR count). The topological polar surface area (TPSA) is 57.4 Å². The summed E-state index contributed by atoms with van der Waals surface area (Å²) in [6, 6.07) is 3.87. The highest BCUT2D eigenvalue weighted by atomic mass is 16.7. The van der Waals surface area contributed by atoms with E-state index in [-0.39, 0.29) is 11.2 Å². The molecule has 1 saturated heterocycles. The molecule has 0 aromatic carbocycles. The molecule has 5 heteroatoms. The summed E-state index contributed by atoms with van der Waals surface area (Å²) in [5.41, 5.74) is 7.06. The molecule has 0 aliphatic carbocycles. The summed E-state index contributed by atoms with van der Waals surface area (Å²) >= 11 is 0. The van der Waals surface area contributed by atoms with Crippen molar-refractivity contribution >= 4 is 13.2 Å². The molecule has 0 atom stereocenters. The van der Waals surface area contributed by atoms with E-state index in [0.29, 0.717) is 6.54 Å². The van der Waals surface area contributed by atoms with Gasteiger partial charge < -0.3 is 15.0 Å². The van der Waals surface area contributed by atoms with Gasteiger partial charge in [0.05, 0.1) is 11.2 Å². The maximum Gasteiger partial charge on any atom is 0.491 e. The average molecular weight is 260 g/mol. The zero-order valence-electron chi connectivity index (χ0n) is 12.0. The van der Waals surface area contributed by atoms with Gasteiger partial charge in [0.15, 0.2) is 0 Å². The van der Waals surface area contributed by atoms with E-state index in [2.05, 4.69) is 4.98 Å². The SMILES string of the molecule is CC1(C)OB(C(=Cc2cccnc2)CN)OC1(C)C. The van der Waals surface area contributed by atoms with Crippen molar-refractivity contribution in [3.05, 3.63) is 35.6 Å². The Bertz CT molecular complexity index is 456. The first-order valence-corrected chi connectivity index (χ1v) is 6.52. The minimum Gasteiger partial charge on any atom is -0.400 e. The predicted octanol–water partition coefficient (Wildman–Crippen LogP) is 2.06. The molecule has 0 bridgehead atoms. The molecule has 0 spiro atoms. The Morgan fingerprint density at radius 1 is 1.32 bits per heavy atom. The normalized spacial score (nSPS) is 21.7.